The molecule has 0 N–H and O–H groups in total. The van der Waals surface area contributed by atoms with E-state index in [9.17, 15) is 0 Å². The fourth-order valence-electron chi connectivity index (χ4n) is 9.46. The fraction of sp³-hybridized carbons (Fsp3) is 0.733. The molecule has 4 aliphatic heterocycles. The van der Waals surface area contributed by atoms with Gasteiger partial charge < -0.3 is 0 Å². The molecule has 178 valence electrons. The summed E-state index contributed by atoms with van der Waals surface area (Å²) in [5.74, 6) is 7.43. The van der Waals surface area contributed by atoms with Gasteiger partial charge in [0.1, 0.15) is 6.71 Å². The van der Waals surface area contributed by atoms with Crippen LogP contribution in [0.5, 0.6) is 0 Å². The molecule has 4 aliphatic rings. The van der Waals surface area contributed by atoms with Crippen molar-refractivity contribution in [3.05, 3.63) is 47.9 Å². The SMILES string of the molecule is C[Si](C)(C)C1B(C/C=C\B2C3CCCC(CCC3)C2c2ccccc2)C2CCCC1CCC2. The Morgan fingerprint density at radius 3 is 1.94 bits per heavy atom. The van der Waals surface area contributed by atoms with E-state index in [0.717, 1.165) is 48.2 Å². The highest BCUT2D eigenvalue weighted by molar-refractivity contribution is 6.90. The molecule has 5 rings (SSSR count). The van der Waals surface area contributed by atoms with Gasteiger partial charge >= 0.3 is 0 Å². The monoisotopic (exact) mass is 458 g/mol. The highest BCUT2D eigenvalue weighted by Gasteiger charge is 2.47. The Balaban J connectivity index is 1.41. The fourth-order valence-corrected chi connectivity index (χ4v) is 12.9. The second kappa shape index (κ2) is 10.5. The van der Waals surface area contributed by atoms with E-state index in [-0.39, 0.29) is 0 Å². The van der Waals surface area contributed by atoms with Crippen LogP contribution in [0.25, 0.3) is 0 Å². The lowest BCUT2D eigenvalue weighted by atomic mass is 9.30. The number of benzene rings is 1. The van der Waals surface area contributed by atoms with Crippen molar-refractivity contribution < 1.29 is 0 Å². The molecule has 3 heteroatoms. The first kappa shape index (κ1) is 24.0. The highest BCUT2D eigenvalue weighted by Crippen LogP contribution is 2.52. The minimum atomic E-state index is -1.16. The zero-order valence-electron chi connectivity index (χ0n) is 21.9. The summed E-state index contributed by atoms with van der Waals surface area (Å²) in [5, 5.41) is 0. The summed E-state index contributed by atoms with van der Waals surface area (Å²) < 4.78 is 0. The van der Waals surface area contributed by atoms with Crippen molar-refractivity contribution in [3.63, 3.8) is 0 Å². The van der Waals surface area contributed by atoms with Crippen molar-refractivity contribution >= 4 is 21.5 Å². The molecule has 0 aliphatic carbocycles. The minimum Gasteiger partial charge on any atom is -0.119 e. The van der Waals surface area contributed by atoms with Crippen LogP contribution in [0.2, 0.25) is 43.0 Å². The van der Waals surface area contributed by atoms with E-state index in [1.165, 1.54) is 83.4 Å². The number of fused-ring (bicyclic) bond motifs is 6. The van der Waals surface area contributed by atoms with Crippen LogP contribution in [0.1, 0.15) is 88.4 Å². The van der Waals surface area contributed by atoms with Crippen molar-refractivity contribution in [1.29, 1.82) is 0 Å². The smallest absolute Gasteiger partial charge is 0.119 e. The predicted octanol–water partition coefficient (Wildman–Crippen LogP) is 9.35. The van der Waals surface area contributed by atoms with E-state index in [1.54, 1.807) is 5.56 Å². The molecule has 4 saturated heterocycles. The lowest BCUT2D eigenvalue weighted by molar-refractivity contribution is 0.392. The first-order valence-electron chi connectivity index (χ1n) is 14.7. The van der Waals surface area contributed by atoms with Gasteiger partial charge in [0.25, 0.3) is 0 Å². The first-order chi connectivity index (χ1) is 16.0. The van der Waals surface area contributed by atoms with E-state index in [0.29, 0.717) is 0 Å². The Morgan fingerprint density at radius 2 is 1.33 bits per heavy atom. The van der Waals surface area contributed by atoms with Gasteiger partial charge in [0.15, 0.2) is 6.71 Å². The molecule has 2 unspecified atom stereocenters. The van der Waals surface area contributed by atoms with Gasteiger partial charge in [-0.1, -0.05) is 156 Å². The molecule has 0 saturated carbocycles. The summed E-state index contributed by atoms with van der Waals surface area (Å²) >= 11 is 0. The second-order valence-electron chi connectivity index (χ2n) is 13.5. The van der Waals surface area contributed by atoms with Gasteiger partial charge in [-0.3, -0.25) is 0 Å². The van der Waals surface area contributed by atoms with Gasteiger partial charge in [-0.15, -0.1) is 12.1 Å². The van der Waals surface area contributed by atoms with E-state index in [4.69, 9.17) is 0 Å². The third kappa shape index (κ3) is 5.29. The van der Waals surface area contributed by atoms with E-state index in [2.05, 4.69) is 62.0 Å². The van der Waals surface area contributed by atoms with E-state index in [1.807, 2.05) is 0 Å². The van der Waals surface area contributed by atoms with Crippen LogP contribution >= 0.6 is 0 Å². The normalized spacial score (nSPS) is 35.4. The summed E-state index contributed by atoms with van der Waals surface area (Å²) in [5.41, 5.74) is 2.69. The van der Waals surface area contributed by atoms with Crippen LogP contribution in [0, 0.1) is 11.8 Å². The van der Waals surface area contributed by atoms with Crippen LogP contribution in [0.15, 0.2) is 42.4 Å². The molecule has 0 spiro atoms. The molecule has 0 aromatic heterocycles. The molecular weight excluding hydrogens is 410 g/mol. The molecule has 0 radical (unpaired) electrons. The van der Waals surface area contributed by atoms with Gasteiger partial charge in [-0.25, -0.2) is 0 Å². The summed E-state index contributed by atoms with van der Waals surface area (Å²) in [6.07, 6.45) is 22.1. The Bertz CT molecular complexity index is 764. The third-order valence-corrected chi connectivity index (χ3v) is 13.5. The first-order valence-corrected chi connectivity index (χ1v) is 18.3. The lowest BCUT2D eigenvalue weighted by Crippen LogP contribution is -2.43. The number of hydrogen-bond acceptors (Lipinski definition) is 0. The molecule has 33 heavy (non-hydrogen) atoms. The quantitative estimate of drug-likeness (QED) is 0.386. The molecule has 0 amide bonds. The molecular formula is C30H48B2Si. The van der Waals surface area contributed by atoms with Crippen molar-refractivity contribution in [2.45, 2.75) is 126 Å². The average Bonchev–Trinajstić information content (AvgIpc) is 3.18. The zero-order chi connectivity index (χ0) is 22.8. The zero-order valence-corrected chi connectivity index (χ0v) is 22.9. The standard InChI is InChI=1S/C30H48B2Si/c1-33(2,3)30-26-16-9-20-28(21-10-17-26)32(30)23-11-22-31-27-18-7-14-25(15-8-19-27)29(31)24-12-5-4-6-13-24/h4-6,11-13,22,25-30H,7-10,14-21,23H2,1-3H3/b22-11-. The van der Waals surface area contributed by atoms with Gasteiger partial charge in [-0.2, -0.15) is 0 Å². The Labute approximate surface area is 207 Å². The molecule has 0 nitrogen and oxygen atoms in total. The van der Waals surface area contributed by atoms with Gasteiger partial charge in [-0.05, 0) is 17.7 Å². The van der Waals surface area contributed by atoms with Gasteiger partial charge in [0, 0.05) is 8.07 Å². The Kier molecular flexibility index (Phi) is 7.65. The van der Waals surface area contributed by atoms with Gasteiger partial charge in [0.05, 0.1) is 0 Å². The molecule has 2 atom stereocenters. The van der Waals surface area contributed by atoms with E-state index >= 15 is 0 Å². The van der Waals surface area contributed by atoms with Crippen molar-refractivity contribution in [2.75, 3.05) is 0 Å². The van der Waals surface area contributed by atoms with Gasteiger partial charge in [0.2, 0.25) is 0 Å². The molecule has 4 bridgehead atoms. The number of allylic oxidation sites excluding steroid dienone is 1. The Hall–Kier alpha value is -0.693. The van der Waals surface area contributed by atoms with E-state index < -0.39 is 8.07 Å². The summed E-state index contributed by atoms with van der Waals surface area (Å²) in [4.78, 5) is 0. The summed E-state index contributed by atoms with van der Waals surface area (Å²) in [7, 11) is -1.16. The van der Waals surface area contributed by atoms with Crippen LogP contribution in [-0.4, -0.2) is 21.5 Å². The van der Waals surface area contributed by atoms with Crippen LogP contribution in [0.4, 0.5) is 0 Å². The topological polar surface area (TPSA) is 0 Å². The Morgan fingerprint density at radius 1 is 0.758 bits per heavy atom. The van der Waals surface area contributed by atoms with Crippen LogP contribution in [-0.2, 0) is 0 Å². The molecule has 1 aromatic rings. The molecule has 4 heterocycles. The minimum absolute atomic E-state index is 0.763. The number of hydrogen-bond donors (Lipinski definition) is 0. The average molecular weight is 458 g/mol. The maximum Gasteiger partial charge on any atom is 0.177 e. The highest BCUT2D eigenvalue weighted by atomic mass is 28.3. The van der Waals surface area contributed by atoms with Crippen molar-refractivity contribution in [2.24, 2.45) is 11.8 Å². The van der Waals surface area contributed by atoms with Crippen LogP contribution < -0.4 is 0 Å². The maximum absolute atomic E-state index is 2.79. The second-order valence-corrected chi connectivity index (χ2v) is 18.9. The summed E-state index contributed by atoms with van der Waals surface area (Å²) in [6, 6.07) is 11.7. The predicted molar refractivity (Wildman–Crippen MR) is 152 cm³/mol. The molecule has 1 aromatic carbocycles. The third-order valence-electron chi connectivity index (χ3n) is 10.6. The van der Waals surface area contributed by atoms with Crippen molar-refractivity contribution in [1.82, 2.24) is 0 Å². The summed E-state index contributed by atoms with van der Waals surface area (Å²) in [6.45, 7) is 9.82. The number of rotatable bonds is 5. The maximum atomic E-state index is 2.79. The molecule has 4 fully saturated rings. The van der Waals surface area contributed by atoms with Crippen molar-refractivity contribution in [3.8, 4) is 0 Å². The van der Waals surface area contributed by atoms with Crippen LogP contribution in [0.3, 0.4) is 0 Å². The largest absolute Gasteiger partial charge is 0.177 e. The lowest BCUT2D eigenvalue weighted by Gasteiger charge is -2.39.